The van der Waals surface area contributed by atoms with E-state index in [9.17, 15) is 9.59 Å². The third kappa shape index (κ3) is 5.74. The second-order valence-electron chi connectivity index (χ2n) is 6.23. The maximum Gasteiger partial charge on any atom is 0.224 e. The van der Waals surface area contributed by atoms with Crippen LogP contribution in [-0.2, 0) is 16.0 Å². The van der Waals surface area contributed by atoms with Crippen LogP contribution in [-0.4, -0.2) is 39.1 Å². The lowest BCUT2D eigenvalue weighted by atomic mass is 10.1. The van der Waals surface area contributed by atoms with Gasteiger partial charge in [-0.05, 0) is 24.6 Å². The van der Waals surface area contributed by atoms with Crippen LogP contribution in [0.4, 0.5) is 5.69 Å². The lowest BCUT2D eigenvalue weighted by Crippen LogP contribution is -2.38. The van der Waals surface area contributed by atoms with E-state index in [1.54, 1.807) is 37.3 Å². The van der Waals surface area contributed by atoms with Crippen LogP contribution in [0.5, 0.6) is 11.5 Å². The number of rotatable bonds is 8. The third-order valence-corrected chi connectivity index (χ3v) is 4.16. The number of nitrogens with zero attached hydrogens (tertiary/aromatic N) is 1. The normalized spacial score (nSPS) is 10.2. The molecule has 1 N–H and O–H groups in total. The molecular formula is C21H26N2O4. The van der Waals surface area contributed by atoms with Crippen LogP contribution in [0, 0.1) is 6.92 Å². The SMILES string of the molecule is COc1ccc(N(CCNC(=O)Cc2cccc(C)c2)C(C)=O)cc1OC. The van der Waals surface area contributed by atoms with E-state index in [1.807, 2.05) is 31.2 Å². The predicted octanol–water partition coefficient (Wildman–Crippen LogP) is 2.72. The summed E-state index contributed by atoms with van der Waals surface area (Å²) in [5.41, 5.74) is 2.78. The zero-order chi connectivity index (χ0) is 19.8. The Bertz CT molecular complexity index is 805. The van der Waals surface area contributed by atoms with Crippen molar-refractivity contribution in [2.75, 3.05) is 32.2 Å². The molecular weight excluding hydrogens is 344 g/mol. The molecule has 144 valence electrons. The lowest BCUT2D eigenvalue weighted by Gasteiger charge is -2.22. The van der Waals surface area contributed by atoms with E-state index >= 15 is 0 Å². The number of ether oxygens (including phenoxy) is 2. The fraction of sp³-hybridized carbons (Fsp3) is 0.333. The van der Waals surface area contributed by atoms with Crippen LogP contribution >= 0.6 is 0 Å². The van der Waals surface area contributed by atoms with Gasteiger partial charge in [-0.25, -0.2) is 0 Å². The quantitative estimate of drug-likeness (QED) is 0.776. The third-order valence-electron chi connectivity index (χ3n) is 4.16. The highest BCUT2D eigenvalue weighted by Gasteiger charge is 2.15. The summed E-state index contributed by atoms with van der Waals surface area (Å²) in [6, 6.07) is 13.1. The fourth-order valence-corrected chi connectivity index (χ4v) is 2.84. The van der Waals surface area contributed by atoms with Gasteiger partial charge in [-0.3, -0.25) is 9.59 Å². The van der Waals surface area contributed by atoms with Crippen molar-refractivity contribution >= 4 is 17.5 Å². The van der Waals surface area contributed by atoms with Crippen LogP contribution in [0.3, 0.4) is 0 Å². The zero-order valence-electron chi connectivity index (χ0n) is 16.2. The molecule has 2 rings (SSSR count). The first-order valence-electron chi connectivity index (χ1n) is 8.77. The topological polar surface area (TPSA) is 67.9 Å². The Morgan fingerprint density at radius 2 is 1.78 bits per heavy atom. The van der Waals surface area contributed by atoms with Crippen molar-refractivity contribution in [1.29, 1.82) is 0 Å². The average molecular weight is 370 g/mol. The van der Waals surface area contributed by atoms with Crippen molar-refractivity contribution in [2.24, 2.45) is 0 Å². The number of nitrogens with one attached hydrogen (secondary N) is 1. The summed E-state index contributed by atoms with van der Waals surface area (Å²) in [6.07, 6.45) is 0.318. The molecule has 2 amide bonds. The van der Waals surface area contributed by atoms with E-state index in [4.69, 9.17) is 9.47 Å². The number of anilines is 1. The average Bonchev–Trinajstić information content (AvgIpc) is 2.64. The fourth-order valence-electron chi connectivity index (χ4n) is 2.84. The molecule has 0 aromatic heterocycles. The molecule has 0 aliphatic rings. The minimum atomic E-state index is -0.116. The highest BCUT2D eigenvalue weighted by Crippen LogP contribution is 2.31. The van der Waals surface area contributed by atoms with Crippen LogP contribution in [0.2, 0.25) is 0 Å². The van der Waals surface area contributed by atoms with Crippen LogP contribution in [0.15, 0.2) is 42.5 Å². The number of carbonyl (C=O) groups excluding carboxylic acids is 2. The van der Waals surface area contributed by atoms with E-state index in [0.29, 0.717) is 36.7 Å². The Morgan fingerprint density at radius 1 is 1.04 bits per heavy atom. The van der Waals surface area contributed by atoms with E-state index in [1.165, 1.54) is 6.92 Å². The van der Waals surface area contributed by atoms with Crippen LogP contribution in [0.25, 0.3) is 0 Å². The molecule has 27 heavy (non-hydrogen) atoms. The number of methoxy groups -OCH3 is 2. The summed E-state index contributed by atoms with van der Waals surface area (Å²) in [5.74, 6) is 0.951. The number of carbonyl (C=O) groups is 2. The minimum absolute atomic E-state index is 0.0728. The van der Waals surface area contributed by atoms with Crippen LogP contribution < -0.4 is 19.7 Å². The first-order chi connectivity index (χ1) is 12.9. The molecule has 0 bridgehead atoms. The Kier molecular flexibility index (Phi) is 7.23. The van der Waals surface area contributed by atoms with Gasteiger partial charge < -0.3 is 19.7 Å². The van der Waals surface area contributed by atoms with Gasteiger partial charge in [0.05, 0.1) is 20.6 Å². The molecule has 2 aromatic carbocycles. The Morgan fingerprint density at radius 3 is 2.41 bits per heavy atom. The highest BCUT2D eigenvalue weighted by molar-refractivity contribution is 5.92. The molecule has 0 spiro atoms. The monoisotopic (exact) mass is 370 g/mol. The van der Waals surface area contributed by atoms with Gasteiger partial charge in [0.25, 0.3) is 0 Å². The molecule has 0 aliphatic carbocycles. The molecule has 0 radical (unpaired) electrons. The van der Waals surface area contributed by atoms with E-state index in [-0.39, 0.29) is 11.8 Å². The van der Waals surface area contributed by atoms with Gasteiger partial charge >= 0.3 is 0 Å². The predicted molar refractivity (Wildman–Crippen MR) is 105 cm³/mol. The largest absolute Gasteiger partial charge is 0.493 e. The van der Waals surface area contributed by atoms with Gasteiger partial charge in [-0.2, -0.15) is 0 Å². The summed E-state index contributed by atoms with van der Waals surface area (Å²) in [6.45, 7) is 4.21. The number of hydrogen-bond acceptors (Lipinski definition) is 4. The van der Waals surface area contributed by atoms with E-state index < -0.39 is 0 Å². The molecule has 0 aliphatic heterocycles. The highest BCUT2D eigenvalue weighted by atomic mass is 16.5. The van der Waals surface area contributed by atoms with Gasteiger partial charge in [-0.15, -0.1) is 0 Å². The summed E-state index contributed by atoms with van der Waals surface area (Å²) in [7, 11) is 3.11. The molecule has 6 nitrogen and oxygen atoms in total. The van der Waals surface area contributed by atoms with E-state index in [0.717, 1.165) is 11.1 Å². The van der Waals surface area contributed by atoms with Crippen LogP contribution in [0.1, 0.15) is 18.1 Å². The minimum Gasteiger partial charge on any atom is -0.493 e. The van der Waals surface area contributed by atoms with Crippen molar-refractivity contribution in [3.05, 3.63) is 53.6 Å². The van der Waals surface area contributed by atoms with Crippen molar-refractivity contribution in [3.63, 3.8) is 0 Å². The number of aryl methyl sites for hydroxylation is 1. The standard InChI is InChI=1S/C21H26N2O4/c1-15-6-5-7-17(12-15)13-21(25)22-10-11-23(16(2)24)18-8-9-19(26-3)20(14-18)27-4/h5-9,12,14H,10-11,13H2,1-4H3,(H,22,25). The summed E-state index contributed by atoms with van der Waals surface area (Å²) < 4.78 is 10.5. The summed E-state index contributed by atoms with van der Waals surface area (Å²) in [5, 5.41) is 2.87. The van der Waals surface area contributed by atoms with Gasteiger partial charge in [0.1, 0.15) is 0 Å². The van der Waals surface area contributed by atoms with Crippen molar-refractivity contribution in [1.82, 2.24) is 5.32 Å². The Hall–Kier alpha value is -3.02. The number of benzene rings is 2. The number of amides is 2. The van der Waals surface area contributed by atoms with E-state index in [2.05, 4.69) is 5.32 Å². The van der Waals surface area contributed by atoms with Crippen molar-refractivity contribution in [2.45, 2.75) is 20.3 Å². The molecule has 0 unspecified atom stereocenters. The van der Waals surface area contributed by atoms with Gasteiger partial charge in [-0.1, -0.05) is 29.8 Å². The number of hydrogen-bond donors (Lipinski definition) is 1. The molecule has 0 saturated heterocycles. The smallest absolute Gasteiger partial charge is 0.224 e. The second kappa shape index (κ2) is 9.62. The van der Waals surface area contributed by atoms with Gasteiger partial charge in [0.15, 0.2) is 11.5 Å². The Labute approximate surface area is 160 Å². The first-order valence-corrected chi connectivity index (χ1v) is 8.77. The molecule has 2 aromatic rings. The Balaban J connectivity index is 1.96. The lowest BCUT2D eigenvalue weighted by molar-refractivity contribution is -0.121. The molecule has 0 fully saturated rings. The second-order valence-corrected chi connectivity index (χ2v) is 6.23. The first kappa shape index (κ1) is 20.3. The summed E-state index contributed by atoms with van der Waals surface area (Å²) in [4.78, 5) is 25.8. The molecule has 0 saturated carbocycles. The molecule has 6 heteroatoms. The zero-order valence-corrected chi connectivity index (χ0v) is 16.2. The van der Waals surface area contributed by atoms with Crippen molar-refractivity contribution < 1.29 is 19.1 Å². The molecule has 0 atom stereocenters. The maximum absolute atomic E-state index is 12.1. The van der Waals surface area contributed by atoms with Gasteiger partial charge in [0.2, 0.25) is 11.8 Å². The maximum atomic E-state index is 12.1. The molecule has 0 heterocycles. The van der Waals surface area contributed by atoms with Gasteiger partial charge in [0, 0.05) is 31.8 Å². The van der Waals surface area contributed by atoms with Crippen molar-refractivity contribution in [3.8, 4) is 11.5 Å². The summed E-state index contributed by atoms with van der Waals surface area (Å²) >= 11 is 0.